The summed E-state index contributed by atoms with van der Waals surface area (Å²) in [7, 11) is 0. The van der Waals surface area contributed by atoms with E-state index in [1.54, 1.807) is 17.6 Å². The number of hydrogen-bond acceptors (Lipinski definition) is 4. The predicted molar refractivity (Wildman–Crippen MR) is 93.3 cm³/mol. The maximum Gasteiger partial charge on any atom is 0.343 e. The summed E-state index contributed by atoms with van der Waals surface area (Å²) >= 11 is 2.12. The van der Waals surface area contributed by atoms with Crippen LogP contribution >= 0.6 is 22.6 Å². The number of nitrogens with zero attached hydrogens (tertiary/aromatic N) is 1. The summed E-state index contributed by atoms with van der Waals surface area (Å²) in [4.78, 5) is 24.6. The number of carbonyl (C=O) groups is 1. The molecular formula is C16H18INO4. The summed E-state index contributed by atoms with van der Waals surface area (Å²) in [6, 6.07) is 5.29. The molecule has 0 aliphatic rings. The van der Waals surface area contributed by atoms with Crippen molar-refractivity contribution in [3.05, 3.63) is 43.8 Å². The van der Waals surface area contributed by atoms with Crippen LogP contribution in [0.5, 0.6) is 0 Å². The molecule has 1 heterocycles. The van der Waals surface area contributed by atoms with Crippen LogP contribution in [0, 0.1) is 3.57 Å². The Kier molecular flexibility index (Phi) is 5.57. The lowest BCUT2D eigenvalue weighted by Crippen LogP contribution is -2.23. The zero-order chi connectivity index (χ0) is 16.3. The van der Waals surface area contributed by atoms with Crippen molar-refractivity contribution in [1.29, 1.82) is 0 Å². The van der Waals surface area contributed by atoms with E-state index in [0.29, 0.717) is 17.3 Å². The largest absolute Gasteiger partial charge is 0.462 e. The van der Waals surface area contributed by atoms with Gasteiger partial charge in [-0.05, 0) is 54.1 Å². The van der Waals surface area contributed by atoms with E-state index in [0.717, 1.165) is 3.57 Å². The fourth-order valence-corrected chi connectivity index (χ4v) is 2.89. The topological polar surface area (TPSA) is 68.5 Å². The molecule has 5 nitrogen and oxygen atoms in total. The fraction of sp³-hybridized carbons (Fsp3) is 0.375. The second-order valence-electron chi connectivity index (χ2n) is 4.91. The van der Waals surface area contributed by atoms with E-state index in [1.807, 2.05) is 19.1 Å². The summed E-state index contributed by atoms with van der Waals surface area (Å²) in [5.41, 5.74) is 0.374. The average Bonchev–Trinajstić information content (AvgIpc) is 2.51. The number of esters is 1. The van der Waals surface area contributed by atoms with Gasteiger partial charge in [0.2, 0.25) is 5.43 Å². The minimum Gasteiger partial charge on any atom is -0.462 e. The number of hydrogen-bond donors (Lipinski definition) is 1. The molecule has 2 rings (SSSR count). The van der Waals surface area contributed by atoms with Crippen LogP contribution in [-0.4, -0.2) is 28.9 Å². The quantitative estimate of drug-likeness (QED) is 0.603. The van der Waals surface area contributed by atoms with Crippen LogP contribution in [0.25, 0.3) is 10.9 Å². The van der Waals surface area contributed by atoms with Crippen molar-refractivity contribution < 1.29 is 14.6 Å². The average molecular weight is 415 g/mol. The van der Waals surface area contributed by atoms with E-state index < -0.39 is 5.97 Å². The third-order valence-electron chi connectivity index (χ3n) is 3.56. The lowest BCUT2D eigenvalue weighted by molar-refractivity contribution is 0.0523. The van der Waals surface area contributed by atoms with Crippen molar-refractivity contribution >= 4 is 39.5 Å². The number of rotatable bonds is 5. The summed E-state index contributed by atoms with van der Waals surface area (Å²) < 4.78 is 7.67. The molecule has 0 amide bonds. The molecule has 0 radical (unpaired) electrons. The second kappa shape index (κ2) is 7.23. The molecule has 0 fully saturated rings. The molecule has 1 aromatic heterocycles. The third-order valence-corrected chi connectivity index (χ3v) is 4.24. The van der Waals surface area contributed by atoms with Crippen molar-refractivity contribution in [2.45, 2.75) is 26.3 Å². The minimum absolute atomic E-state index is 0.00301. The zero-order valence-electron chi connectivity index (χ0n) is 12.5. The fourth-order valence-electron chi connectivity index (χ4n) is 2.40. The summed E-state index contributed by atoms with van der Waals surface area (Å²) in [5, 5.41) is 10.0. The van der Waals surface area contributed by atoms with E-state index >= 15 is 0 Å². The first-order chi connectivity index (χ1) is 10.5. The molecule has 0 spiro atoms. The minimum atomic E-state index is -0.630. The van der Waals surface area contributed by atoms with E-state index in [1.165, 1.54) is 6.20 Å². The van der Waals surface area contributed by atoms with Gasteiger partial charge in [-0.1, -0.05) is 6.92 Å². The molecule has 0 saturated heterocycles. The molecule has 6 heteroatoms. The highest BCUT2D eigenvalue weighted by molar-refractivity contribution is 14.1. The number of fused-ring (bicyclic) bond motifs is 1. The highest BCUT2D eigenvalue weighted by atomic mass is 127. The molecule has 0 aliphatic carbocycles. The molecule has 2 aromatic rings. The van der Waals surface area contributed by atoms with Gasteiger partial charge in [0.15, 0.2) is 0 Å². The number of aliphatic hydroxyl groups excluding tert-OH is 1. The molecule has 22 heavy (non-hydrogen) atoms. The van der Waals surface area contributed by atoms with Crippen molar-refractivity contribution in [2.24, 2.45) is 0 Å². The predicted octanol–water partition coefficient (Wildman–Crippen LogP) is 2.73. The van der Waals surface area contributed by atoms with Crippen LogP contribution in [0.15, 0.2) is 29.2 Å². The summed E-state index contributed by atoms with van der Waals surface area (Å²) in [6.07, 6.45) is 2.18. The highest BCUT2D eigenvalue weighted by Gasteiger charge is 2.19. The van der Waals surface area contributed by atoms with E-state index in [4.69, 9.17) is 4.74 Å². The lowest BCUT2D eigenvalue weighted by Gasteiger charge is -2.20. The number of carbonyl (C=O) groups excluding carboxylic acids is 1. The number of aromatic nitrogens is 1. The number of ether oxygens (including phenoxy) is 1. The first-order valence-electron chi connectivity index (χ1n) is 7.15. The Balaban J connectivity index is 2.80. The smallest absolute Gasteiger partial charge is 0.343 e. The van der Waals surface area contributed by atoms with Gasteiger partial charge in [-0.15, -0.1) is 0 Å². The molecule has 0 aliphatic heterocycles. The van der Waals surface area contributed by atoms with Crippen LogP contribution in [0.4, 0.5) is 0 Å². The molecule has 118 valence electrons. The maximum atomic E-state index is 12.6. The Morgan fingerprint density at radius 3 is 2.73 bits per heavy atom. The van der Waals surface area contributed by atoms with Gasteiger partial charge in [-0.25, -0.2) is 4.79 Å². The second-order valence-corrected chi connectivity index (χ2v) is 6.15. The van der Waals surface area contributed by atoms with Crippen LogP contribution in [0.3, 0.4) is 0 Å². The van der Waals surface area contributed by atoms with Gasteiger partial charge in [-0.3, -0.25) is 4.79 Å². The van der Waals surface area contributed by atoms with E-state index in [9.17, 15) is 14.7 Å². The van der Waals surface area contributed by atoms with Crippen LogP contribution in [-0.2, 0) is 4.74 Å². The standard InChI is InChI=1S/C16H18INO4/c1-3-11(9-19)18-8-13(16(21)22-4-2)15(20)12-7-10(17)5-6-14(12)18/h5-8,11,19H,3-4,9H2,1-2H3/t11-/m0/s1. The normalized spacial score (nSPS) is 12.4. The van der Waals surface area contributed by atoms with Gasteiger partial charge < -0.3 is 14.4 Å². The van der Waals surface area contributed by atoms with Gasteiger partial charge in [0.05, 0.1) is 24.8 Å². The van der Waals surface area contributed by atoms with Crippen molar-refractivity contribution in [2.75, 3.05) is 13.2 Å². The maximum absolute atomic E-state index is 12.6. The highest BCUT2D eigenvalue weighted by Crippen LogP contribution is 2.21. The van der Waals surface area contributed by atoms with Crippen molar-refractivity contribution in [3.63, 3.8) is 0 Å². The number of pyridine rings is 1. The van der Waals surface area contributed by atoms with Crippen LogP contribution in [0.1, 0.15) is 36.7 Å². The number of benzene rings is 1. The Bertz CT molecular complexity index is 750. The monoisotopic (exact) mass is 415 g/mol. The number of aliphatic hydroxyl groups is 1. The summed E-state index contributed by atoms with van der Waals surface area (Å²) in [6.45, 7) is 3.78. The van der Waals surface area contributed by atoms with Gasteiger partial charge >= 0.3 is 5.97 Å². The Labute approximate surface area is 142 Å². The van der Waals surface area contributed by atoms with Gasteiger partial charge in [0, 0.05) is 15.2 Å². The van der Waals surface area contributed by atoms with Crippen molar-refractivity contribution in [1.82, 2.24) is 4.57 Å². The Hall–Kier alpha value is -1.41. The van der Waals surface area contributed by atoms with E-state index in [-0.39, 0.29) is 30.2 Å². The first kappa shape index (κ1) is 17.0. The molecule has 0 unspecified atom stereocenters. The molecule has 1 N–H and O–H groups in total. The van der Waals surface area contributed by atoms with Gasteiger partial charge in [0.1, 0.15) is 5.56 Å². The third kappa shape index (κ3) is 3.17. The lowest BCUT2D eigenvalue weighted by atomic mass is 10.1. The van der Waals surface area contributed by atoms with Gasteiger partial charge in [0.25, 0.3) is 0 Å². The Morgan fingerprint density at radius 2 is 2.14 bits per heavy atom. The molecule has 1 aromatic carbocycles. The summed E-state index contributed by atoms with van der Waals surface area (Å²) in [5.74, 6) is -0.630. The molecule has 1 atom stereocenters. The van der Waals surface area contributed by atoms with Gasteiger partial charge in [-0.2, -0.15) is 0 Å². The number of halogens is 1. The van der Waals surface area contributed by atoms with Crippen LogP contribution < -0.4 is 5.43 Å². The molecule has 0 saturated carbocycles. The zero-order valence-corrected chi connectivity index (χ0v) is 14.7. The van der Waals surface area contributed by atoms with Crippen molar-refractivity contribution in [3.8, 4) is 0 Å². The van der Waals surface area contributed by atoms with Crippen LogP contribution in [0.2, 0.25) is 0 Å². The SMILES string of the molecule is CCOC(=O)c1cn([C@@H](CC)CO)c2ccc(I)cc2c1=O. The van der Waals surface area contributed by atoms with E-state index in [2.05, 4.69) is 22.6 Å². The Morgan fingerprint density at radius 1 is 1.41 bits per heavy atom. The molecular weight excluding hydrogens is 397 g/mol. The molecule has 0 bridgehead atoms. The first-order valence-corrected chi connectivity index (χ1v) is 8.23.